The number of carbonyl (C=O) groups excluding carboxylic acids is 1. The first-order chi connectivity index (χ1) is 9.74. The fourth-order valence-electron chi connectivity index (χ4n) is 3.32. The second kappa shape index (κ2) is 6.56. The Bertz CT molecular complexity index is 483. The molecule has 0 radical (unpaired) electrons. The number of benzene rings is 1. The molecule has 1 aliphatic carbocycles. The zero-order chi connectivity index (χ0) is 14.4. The highest BCUT2D eigenvalue weighted by Crippen LogP contribution is 2.45. The predicted molar refractivity (Wildman–Crippen MR) is 76.9 cm³/mol. The maximum absolute atomic E-state index is 12.2. The number of nitrogens with zero attached hydrogens (tertiary/aromatic N) is 1. The third kappa shape index (κ3) is 2.70. The summed E-state index contributed by atoms with van der Waals surface area (Å²) in [5.74, 6) is -1.08. The fourth-order valence-corrected chi connectivity index (χ4v) is 3.32. The molecule has 0 amide bonds. The summed E-state index contributed by atoms with van der Waals surface area (Å²) in [6.45, 7) is 2.10. The molecule has 1 aromatic carbocycles. The van der Waals surface area contributed by atoms with Crippen molar-refractivity contribution in [3.63, 3.8) is 0 Å². The Morgan fingerprint density at radius 1 is 1.30 bits per heavy atom. The maximum atomic E-state index is 12.2. The molecule has 20 heavy (non-hydrogen) atoms. The highest BCUT2D eigenvalue weighted by Gasteiger charge is 2.46. The van der Waals surface area contributed by atoms with E-state index in [0.29, 0.717) is 6.61 Å². The number of nitriles is 1. The number of hydrogen-bond donors (Lipinski definition) is 0. The van der Waals surface area contributed by atoms with E-state index in [1.807, 2.05) is 30.3 Å². The van der Waals surface area contributed by atoms with Gasteiger partial charge in [-0.2, -0.15) is 5.26 Å². The minimum absolute atomic E-state index is 0.321. The summed E-state index contributed by atoms with van der Waals surface area (Å²) in [7, 11) is 0. The lowest BCUT2D eigenvalue weighted by Crippen LogP contribution is -2.41. The first-order valence-corrected chi connectivity index (χ1v) is 7.36. The van der Waals surface area contributed by atoms with Gasteiger partial charge in [-0.3, -0.25) is 4.79 Å². The van der Waals surface area contributed by atoms with Gasteiger partial charge in [0.15, 0.2) is 5.92 Å². The lowest BCUT2D eigenvalue weighted by molar-refractivity contribution is -0.148. The van der Waals surface area contributed by atoms with E-state index in [9.17, 15) is 10.1 Å². The quantitative estimate of drug-likeness (QED) is 0.786. The topological polar surface area (TPSA) is 50.1 Å². The van der Waals surface area contributed by atoms with Crippen LogP contribution in [-0.2, 0) is 14.9 Å². The van der Waals surface area contributed by atoms with Crippen LogP contribution in [0.1, 0.15) is 44.6 Å². The Labute approximate surface area is 120 Å². The predicted octanol–water partition coefficient (Wildman–Crippen LogP) is 3.59. The normalized spacial score (nSPS) is 18.8. The zero-order valence-corrected chi connectivity index (χ0v) is 12.0. The lowest BCUT2D eigenvalue weighted by Gasteiger charge is -2.40. The summed E-state index contributed by atoms with van der Waals surface area (Å²) < 4.78 is 5.13. The molecule has 2 rings (SSSR count). The Hall–Kier alpha value is -1.82. The highest BCUT2D eigenvalue weighted by atomic mass is 16.5. The van der Waals surface area contributed by atoms with Crippen molar-refractivity contribution in [1.82, 2.24) is 0 Å². The third-order valence-electron chi connectivity index (χ3n) is 4.30. The molecule has 1 saturated carbocycles. The maximum Gasteiger partial charge on any atom is 0.324 e. The molecule has 0 aliphatic heterocycles. The molecule has 0 bridgehead atoms. The van der Waals surface area contributed by atoms with Gasteiger partial charge in [0.05, 0.1) is 12.7 Å². The van der Waals surface area contributed by atoms with Crippen molar-refractivity contribution < 1.29 is 9.53 Å². The van der Waals surface area contributed by atoms with Gasteiger partial charge < -0.3 is 4.74 Å². The van der Waals surface area contributed by atoms with Crippen LogP contribution in [0.5, 0.6) is 0 Å². The van der Waals surface area contributed by atoms with E-state index in [1.54, 1.807) is 6.92 Å². The SMILES string of the molecule is CCOC(=O)C(C#N)C1(c2ccccc2)CCCCC1. The lowest BCUT2D eigenvalue weighted by atomic mass is 9.62. The zero-order valence-electron chi connectivity index (χ0n) is 12.0. The van der Waals surface area contributed by atoms with Crippen LogP contribution in [0.3, 0.4) is 0 Å². The summed E-state index contributed by atoms with van der Waals surface area (Å²) in [6.07, 6.45) is 5.07. The molecule has 0 saturated heterocycles. The van der Waals surface area contributed by atoms with Crippen LogP contribution in [0, 0.1) is 17.2 Å². The Kier molecular flexibility index (Phi) is 4.79. The molecule has 1 aliphatic rings. The van der Waals surface area contributed by atoms with Crippen LogP contribution >= 0.6 is 0 Å². The number of esters is 1. The van der Waals surface area contributed by atoms with E-state index in [2.05, 4.69) is 6.07 Å². The number of rotatable bonds is 4. The van der Waals surface area contributed by atoms with Crippen LogP contribution in [0.4, 0.5) is 0 Å². The summed E-state index contributed by atoms with van der Waals surface area (Å²) in [4.78, 5) is 12.2. The molecule has 0 aromatic heterocycles. The van der Waals surface area contributed by atoms with Crippen LogP contribution < -0.4 is 0 Å². The van der Waals surface area contributed by atoms with E-state index in [-0.39, 0.29) is 11.4 Å². The van der Waals surface area contributed by atoms with Crippen molar-refractivity contribution in [2.75, 3.05) is 6.61 Å². The van der Waals surface area contributed by atoms with Gasteiger partial charge in [-0.15, -0.1) is 0 Å². The molecular formula is C17H21NO2. The first kappa shape index (κ1) is 14.6. The molecule has 3 nitrogen and oxygen atoms in total. The largest absolute Gasteiger partial charge is 0.465 e. The Balaban J connectivity index is 2.41. The van der Waals surface area contributed by atoms with E-state index >= 15 is 0 Å². The summed E-state index contributed by atoms with van der Waals surface area (Å²) >= 11 is 0. The van der Waals surface area contributed by atoms with E-state index in [4.69, 9.17) is 4.74 Å². The van der Waals surface area contributed by atoms with E-state index < -0.39 is 5.92 Å². The van der Waals surface area contributed by atoms with Crippen molar-refractivity contribution in [2.45, 2.75) is 44.4 Å². The van der Waals surface area contributed by atoms with Crippen molar-refractivity contribution in [3.05, 3.63) is 35.9 Å². The van der Waals surface area contributed by atoms with Gasteiger partial charge in [0.2, 0.25) is 0 Å². The van der Waals surface area contributed by atoms with Crippen molar-refractivity contribution in [1.29, 1.82) is 5.26 Å². The number of ether oxygens (including phenoxy) is 1. The monoisotopic (exact) mass is 271 g/mol. The number of carbonyl (C=O) groups is 1. The van der Waals surface area contributed by atoms with Gasteiger partial charge in [0, 0.05) is 5.41 Å². The van der Waals surface area contributed by atoms with Crippen molar-refractivity contribution in [2.24, 2.45) is 5.92 Å². The van der Waals surface area contributed by atoms with Crippen LogP contribution in [0.15, 0.2) is 30.3 Å². The standard InChI is InChI=1S/C17H21NO2/c1-2-20-16(19)15(13-18)17(11-7-4-8-12-17)14-9-5-3-6-10-14/h3,5-6,9-10,15H,2,4,7-8,11-12H2,1H3. The van der Waals surface area contributed by atoms with Gasteiger partial charge in [-0.05, 0) is 25.3 Å². The van der Waals surface area contributed by atoms with Crippen molar-refractivity contribution >= 4 is 5.97 Å². The summed E-state index contributed by atoms with van der Waals surface area (Å²) in [6, 6.07) is 12.2. The van der Waals surface area contributed by atoms with Crippen LogP contribution in [0.25, 0.3) is 0 Å². The third-order valence-corrected chi connectivity index (χ3v) is 4.30. The Morgan fingerprint density at radius 2 is 1.95 bits per heavy atom. The highest BCUT2D eigenvalue weighted by molar-refractivity contribution is 5.77. The summed E-state index contributed by atoms with van der Waals surface area (Å²) in [5, 5.41) is 9.55. The van der Waals surface area contributed by atoms with Gasteiger partial charge in [-0.1, -0.05) is 49.6 Å². The van der Waals surface area contributed by atoms with Crippen LogP contribution in [0.2, 0.25) is 0 Å². The minimum Gasteiger partial charge on any atom is -0.465 e. The molecule has 0 spiro atoms. The van der Waals surface area contributed by atoms with E-state index in [1.165, 1.54) is 6.42 Å². The first-order valence-electron chi connectivity index (χ1n) is 7.36. The van der Waals surface area contributed by atoms with Gasteiger partial charge in [-0.25, -0.2) is 0 Å². The van der Waals surface area contributed by atoms with Crippen molar-refractivity contribution in [3.8, 4) is 6.07 Å². The molecule has 1 aromatic rings. The summed E-state index contributed by atoms with van der Waals surface area (Å²) in [5.41, 5.74) is 0.722. The van der Waals surface area contributed by atoms with Gasteiger partial charge in [0.1, 0.15) is 0 Å². The average molecular weight is 271 g/mol. The second-order valence-electron chi connectivity index (χ2n) is 5.40. The van der Waals surface area contributed by atoms with Gasteiger partial charge >= 0.3 is 5.97 Å². The number of hydrogen-bond acceptors (Lipinski definition) is 3. The average Bonchev–Trinajstić information content (AvgIpc) is 2.50. The fraction of sp³-hybridized carbons (Fsp3) is 0.529. The van der Waals surface area contributed by atoms with Crippen LogP contribution in [-0.4, -0.2) is 12.6 Å². The minimum atomic E-state index is -0.704. The molecule has 1 atom stereocenters. The molecule has 3 heteroatoms. The molecule has 0 heterocycles. The smallest absolute Gasteiger partial charge is 0.324 e. The van der Waals surface area contributed by atoms with E-state index in [0.717, 1.165) is 31.2 Å². The molecule has 106 valence electrons. The second-order valence-corrected chi connectivity index (χ2v) is 5.40. The molecular weight excluding hydrogens is 250 g/mol. The molecule has 1 unspecified atom stereocenters. The molecule has 1 fully saturated rings. The molecule has 0 N–H and O–H groups in total. The Morgan fingerprint density at radius 3 is 2.50 bits per heavy atom. The van der Waals surface area contributed by atoms with Gasteiger partial charge in [0.25, 0.3) is 0 Å².